The second kappa shape index (κ2) is 4.68. The Morgan fingerprint density at radius 2 is 1.82 bits per heavy atom. The van der Waals surface area contributed by atoms with E-state index in [1.807, 2.05) is 6.07 Å². The van der Waals surface area contributed by atoms with E-state index in [9.17, 15) is 0 Å². The zero-order valence-electron chi connectivity index (χ0n) is 10.2. The van der Waals surface area contributed by atoms with Crippen molar-refractivity contribution < 1.29 is 0 Å². The summed E-state index contributed by atoms with van der Waals surface area (Å²) >= 11 is 2.30. The molecule has 2 aromatic rings. The molecule has 0 saturated carbocycles. The van der Waals surface area contributed by atoms with Gasteiger partial charge in [0.1, 0.15) is 5.82 Å². The topological polar surface area (TPSA) is 40.7 Å². The zero-order chi connectivity index (χ0) is 12.5. The van der Waals surface area contributed by atoms with Crippen molar-refractivity contribution in [2.75, 3.05) is 5.32 Å². The van der Waals surface area contributed by atoms with Crippen LogP contribution in [0.15, 0.2) is 30.3 Å². The Morgan fingerprint density at radius 1 is 1.18 bits per heavy atom. The third-order valence-corrected chi connectivity index (χ3v) is 2.96. The van der Waals surface area contributed by atoms with Gasteiger partial charge in [0.15, 0.2) is 0 Å². The van der Waals surface area contributed by atoms with Crippen LogP contribution in [-0.2, 0) is 0 Å². The molecule has 2 rings (SSSR count). The number of H-pyrrole nitrogens is 1. The molecular weight excluding hydrogens is 325 g/mol. The summed E-state index contributed by atoms with van der Waals surface area (Å²) in [6.45, 7) is 6.35. The smallest absolute Gasteiger partial charge is 0.148 e. The molecule has 1 aromatic heterocycles. The van der Waals surface area contributed by atoms with Crippen molar-refractivity contribution >= 4 is 28.4 Å². The normalized spacial score (nSPS) is 11.5. The third-order valence-electron chi connectivity index (χ3n) is 2.24. The SMILES string of the molecule is CC(C)(C)Nc1cc(-c2ccc(I)cc2)[nH]n1. The van der Waals surface area contributed by atoms with E-state index in [0.29, 0.717) is 0 Å². The number of anilines is 1. The van der Waals surface area contributed by atoms with Crippen molar-refractivity contribution in [2.45, 2.75) is 26.3 Å². The van der Waals surface area contributed by atoms with Crippen LogP contribution >= 0.6 is 22.6 Å². The number of aromatic nitrogens is 2. The molecule has 3 nitrogen and oxygen atoms in total. The van der Waals surface area contributed by atoms with E-state index in [2.05, 4.69) is 83.1 Å². The Morgan fingerprint density at radius 3 is 2.41 bits per heavy atom. The molecule has 0 amide bonds. The van der Waals surface area contributed by atoms with Gasteiger partial charge in [-0.15, -0.1) is 0 Å². The minimum Gasteiger partial charge on any atom is -0.364 e. The fourth-order valence-electron chi connectivity index (χ4n) is 1.55. The maximum atomic E-state index is 4.26. The second-order valence-corrected chi connectivity index (χ2v) is 6.29. The maximum Gasteiger partial charge on any atom is 0.148 e. The highest BCUT2D eigenvalue weighted by atomic mass is 127. The molecule has 4 heteroatoms. The fourth-order valence-corrected chi connectivity index (χ4v) is 1.91. The van der Waals surface area contributed by atoms with E-state index in [1.54, 1.807) is 0 Å². The predicted octanol–water partition coefficient (Wildman–Crippen LogP) is 3.89. The minimum absolute atomic E-state index is 0.0263. The van der Waals surface area contributed by atoms with Crippen LogP contribution in [0.2, 0.25) is 0 Å². The zero-order valence-corrected chi connectivity index (χ0v) is 12.4. The molecule has 0 atom stereocenters. The number of hydrogen-bond acceptors (Lipinski definition) is 2. The highest BCUT2D eigenvalue weighted by molar-refractivity contribution is 14.1. The first-order valence-electron chi connectivity index (χ1n) is 5.53. The maximum absolute atomic E-state index is 4.26. The Labute approximate surface area is 115 Å². The van der Waals surface area contributed by atoms with Crippen LogP contribution in [0.5, 0.6) is 0 Å². The van der Waals surface area contributed by atoms with Gasteiger partial charge in [-0.3, -0.25) is 5.10 Å². The van der Waals surface area contributed by atoms with Crippen LogP contribution in [-0.4, -0.2) is 15.7 Å². The molecule has 0 bridgehead atoms. The molecule has 1 aromatic carbocycles. The monoisotopic (exact) mass is 341 g/mol. The molecule has 0 fully saturated rings. The Hall–Kier alpha value is -1.04. The molecule has 17 heavy (non-hydrogen) atoms. The van der Waals surface area contributed by atoms with E-state index in [0.717, 1.165) is 17.1 Å². The summed E-state index contributed by atoms with van der Waals surface area (Å²) in [5, 5.41) is 10.7. The summed E-state index contributed by atoms with van der Waals surface area (Å²) in [5.74, 6) is 0.881. The van der Waals surface area contributed by atoms with Gasteiger partial charge in [0.25, 0.3) is 0 Å². The van der Waals surface area contributed by atoms with Gasteiger partial charge >= 0.3 is 0 Å². The van der Waals surface area contributed by atoms with Crippen molar-refractivity contribution in [3.05, 3.63) is 33.9 Å². The summed E-state index contributed by atoms with van der Waals surface area (Å²) in [5.41, 5.74) is 2.21. The van der Waals surface area contributed by atoms with E-state index in [4.69, 9.17) is 0 Å². The number of nitrogens with one attached hydrogen (secondary N) is 2. The van der Waals surface area contributed by atoms with Gasteiger partial charge < -0.3 is 5.32 Å². The average molecular weight is 341 g/mol. The third kappa shape index (κ3) is 3.46. The standard InChI is InChI=1S/C13H16IN3/c1-13(2,3)15-12-8-11(16-17-12)9-4-6-10(14)7-5-9/h4-8H,1-3H3,(H2,15,16,17). The molecule has 90 valence electrons. The summed E-state index contributed by atoms with van der Waals surface area (Å²) in [4.78, 5) is 0. The van der Waals surface area contributed by atoms with Gasteiger partial charge in [-0.1, -0.05) is 12.1 Å². The van der Waals surface area contributed by atoms with Crippen LogP contribution in [0.3, 0.4) is 0 Å². The lowest BCUT2D eigenvalue weighted by Gasteiger charge is -2.19. The summed E-state index contributed by atoms with van der Waals surface area (Å²) in [6.07, 6.45) is 0. The number of benzene rings is 1. The van der Waals surface area contributed by atoms with Crippen molar-refractivity contribution in [1.29, 1.82) is 0 Å². The molecule has 0 aliphatic heterocycles. The van der Waals surface area contributed by atoms with Gasteiger partial charge in [-0.05, 0) is 61.1 Å². The Balaban J connectivity index is 2.21. The summed E-state index contributed by atoms with van der Waals surface area (Å²) in [6, 6.07) is 10.4. The lowest BCUT2D eigenvalue weighted by atomic mass is 10.1. The molecular formula is C13H16IN3. The summed E-state index contributed by atoms with van der Waals surface area (Å²) < 4.78 is 1.24. The minimum atomic E-state index is 0.0263. The van der Waals surface area contributed by atoms with E-state index < -0.39 is 0 Å². The van der Waals surface area contributed by atoms with Gasteiger partial charge in [0, 0.05) is 15.2 Å². The van der Waals surface area contributed by atoms with E-state index in [1.165, 1.54) is 3.57 Å². The van der Waals surface area contributed by atoms with Crippen molar-refractivity contribution in [2.24, 2.45) is 0 Å². The number of rotatable bonds is 2. The van der Waals surface area contributed by atoms with E-state index >= 15 is 0 Å². The fraction of sp³-hybridized carbons (Fsp3) is 0.308. The molecule has 0 radical (unpaired) electrons. The van der Waals surface area contributed by atoms with Crippen LogP contribution in [0.1, 0.15) is 20.8 Å². The predicted molar refractivity (Wildman–Crippen MR) is 80.1 cm³/mol. The van der Waals surface area contributed by atoms with Crippen molar-refractivity contribution in [1.82, 2.24) is 10.2 Å². The second-order valence-electron chi connectivity index (χ2n) is 5.05. The van der Waals surface area contributed by atoms with Crippen LogP contribution in [0, 0.1) is 3.57 Å². The molecule has 0 unspecified atom stereocenters. The molecule has 1 heterocycles. The quantitative estimate of drug-likeness (QED) is 0.814. The lowest BCUT2D eigenvalue weighted by Crippen LogP contribution is -2.26. The number of halogens is 1. The van der Waals surface area contributed by atoms with Gasteiger partial charge in [0.05, 0.1) is 5.69 Å². The first-order chi connectivity index (χ1) is 7.94. The van der Waals surface area contributed by atoms with Crippen molar-refractivity contribution in [3.8, 4) is 11.3 Å². The molecule has 0 aliphatic rings. The number of hydrogen-bond donors (Lipinski definition) is 2. The van der Waals surface area contributed by atoms with Crippen LogP contribution in [0.4, 0.5) is 5.82 Å². The Bertz CT molecular complexity index is 494. The molecule has 0 aliphatic carbocycles. The van der Waals surface area contributed by atoms with Gasteiger partial charge in [0.2, 0.25) is 0 Å². The largest absolute Gasteiger partial charge is 0.364 e. The van der Waals surface area contributed by atoms with Gasteiger partial charge in [-0.2, -0.15) is 5.10 Å². The average Bonchev–Trinajstić information content (AvgIpc) is 2.64. The van der Waals surface area contributed by atoms with Crippen molar-refractivity contribution in [3.63, 3.8) is 0 Å². The summed E-state index contributed by atoms with van der Waals surface area (Å²) in [7, 11) is 0. The van der Waals surface area contributed by atoms with Crippen LogP contribution < -0.4 is 5.32 Å². The lowest BCUT2D eigenvalue weighted by molar-refractivity contribution is 0.630. The molecule has 2 N–H and O–H groups in total. The van der Waals surface area contributed by atoms with Gasteiger partial charge in [-0.25, -0.2) is 0 Å². The van der Waals surface area contributed by atoms with E-state index in [-0.39, 0.29) is 5.54 Å². The molecule has 0 spiro atoms. The number of nitrogens with zero attached hydrogens (tertiary/aromatic N) is 1. The molecule has 0 saturated heterocycles. The first kappa shape index (κ1) is 12.4. The van der Waals surface area contributed by atoms with Crippen LogP contribution in [0.25, 0.3) is 11.3 Å². The number of aromatic amines is 1. The highest BCUT2D eigenvalue weighted by Crippen LogP contribution is 2.22. The highest BCUT2D eigenvalue weighted by Gasteiger charge is 2.11. The Kier molecular flexibility index (Phi) is 3.42. The first-order valence-corrected chi connectivity index (χ1v) is 6.61.